The van der Waals surface area contributed by atoms with Crippen LogP contribution in [-0.4, -0.2) is 6.54 Å². The van der Waals surface area contributed by atoms with E-state index in [0.717, 1.165) is 24.4 Å². The Kier molecular flexibility index (Phi) is 5.66. The van der Waals surface area contributed by atoms with E-state index in [0.29, 0.717) is 16.7 Å². The van der Waals surface area contributed by atoms with Gasteiger partial charge < -0.3 is 10.1 Å². The van der Waals surface area contributed by atoms with Crippen molar-refractivity contribution in [2.24, 2.45) is 0 Å². The van der Waals surface area contributed by atoms with Gasteiger partial charge >= 0.3 is 0 Å². The molecule has 1 N–H and O–H groups in total. The third kappa shape index (κ3) is 4.48. The third-order valence-electron chi connectivity index (χ3n) is 3.35. The normalized spacial score (nSPS) is 10.9. The van der Waals surface area contributed by atoms with Crippen LogP contribution in [0.2, 0.25) is 5.02 Å². The lowest BCUT2D eigenvalue weighted by Gasteiger charge is -2.11. The Hall–Kier alpha value is -1.51. The van der Waals surface area contributed by atoms with Gasteiger partial charge in [-0.3, -0.25) is 0 Å². The Labute approximate surface area is 132 Å². The van der Waals surface area contributed by atoms with Gasteiger partial charge in [-0.05, 0) is 47.9 Å². The first kappa shape index (κ1) is 15.9. The first-order valence-electron chi connectivity index (χ1n) is 7.37. The molecule has 0 atom stereocenters. The van der Waals surface area contributed by atoms with Crippen molar-refractivity contribution in [2.75, 3.05) is 6.54 Å². The summed E-state index contributed by atoms with van der Waals surface area (Å²) < 4.78 is 5.85. The van der Waals surface area contributed by atoms with Crippen molar-refractivity contribution in [1.82, 2.24) is 5.32 Å². The van der Waals surface area contributed by atoms with Crippen molar-refractivity contribution >= 4 is 11.6 Å². The lowest BCUT2D eigenvalue weighted by molar-refractivity contribution is 0.482. The molecule has 0 radical (unpaired) electrons. The predicted octanol–water partition coefficient (Wildman–Crippen LogP) is 5.37. The van der Waals surface area contributed by atoms with Crippen molar-refractivity contribution in [3.05, 3.63) is 58.6 Å². The fourth-order valence-electron chi connectivity index (χ4n) is 2.05. The zero-order chi connectivity index (χ0) is 15.2. The van der Waals surface area contributed by atoms with Crippen LogP contribution in [0.5, 0.6) is 11.5 Å². The number of nitrogens with one attached hydrogen (secondary N) is 1. The van der Waals surface area contributed by atoms with Gasteiger partial charge in [-0.25, -0.2) is 0 Å². The van der Waals surface area contributed by atoms with Crippen molar-refractivity contribution in [3.8, 4) is 11.5 Å². The molecule has 0 amide bonds. The summed E-state index contributed by atoms with van der Waals surface area (Å²) >= 11 is 6.29. The van der Waals surface area contributed by atoms with Gasteiger partial charge in [0.2, 0.25) is 0 Å². The SMILES string of the molecule is CCNCc1ccc(Oc2ccc(C(C)C)cc2)c(Cl)c1. The Bertz CT molecular complexity index is 578. The molecule has 0 aliphatic rings. The van der Waals surface area contributed by atoms with Gasteiger partial charge in [-0.2, -0.15) is 0 Å². The van der Waals surface area contributed by atoms with E-state index in [4.69, 9.17) is 16.3 Å². The zero-order valence-electron chi connectivity index (χ0n) is 12.8. The van der Waals surface area contributed by atoms with Crippen LogP contribution in [0.15, 0.2) is 42.5 Å². The molecule has 21 heavy (non-hydrogen) atoms. The maximum Gasteiger partial charge on any atom is 0.146 e. The fraction of sp³-hybridized carbons (Fsp3) is 0.333. The molecule has 0 fully saturated rings. The number of hydrogen-bond donors (Lipinski definition) is 1. The maximum atomic E-state index is 6.29. The second-order valence-corrected chi connectivity index (χ2v) is 5.78. The quantitative estimate of drug-likeness (QED) is 0.775. The van der Waals surface area contributed by atoms with Crippen LogP contribution in [0.25, 0.3) is 0 Å². The first-order valence-corrected chi connectivity index (χ1v) is 7.75. The molecule has 0 saturated carbocycles. The second-order valence-electron chi connectivity index (χ2n) is 5.37. The van der Waals surface area contributed by atoms with E-state index < -0.39 is 0 Å². The Morgan fingerprint density at radius 3 is 2.38 bits per heavy atom. The molecule has 2 rings (SSSR count). The molecule has 0 heterocycles. The molecule has 0 aliphatic carbocycles. The molecular weight excluding hydrogens is 282 g/mol. The number of hydrogen-bond acceptors (Lipinski definition) is 2. The van der Waals surface area contributed by atoms with Crippen LogP contribution in [0.1, 0.15) is 37.8 Å². The van der Waals surface area contributed by atoms with E-state index in [9.17, 15) is 0 Å². The van der Waals surface area contributed by atoms with Crippen molar-refractivity contribution in [1.29, 1.82) is 0 Å². The standard InChI is InChI=1S/C18H22ClNO/c1-4-20-12-14-5-10-18(17(19)11-14)21-16-8-6-15(7-9-16)13(2)3/h5-11,13,20H,4,12H2,1-3H3. The highest BCUT2D eigenvalue weighted by Gasteiger charge is 2.05. The van der Waals surface area contributed by atoms with Crippen LogP contribution < -0.4 is 10.1 Å². The van der Waals surface area contributed by atoms with Gasteiger partial charge in [-0.1, -0.05) is 50.6 Å². The molecule has 2 aromatic carbocycles. The monoisotopic (exact) mass is 303 g/mol. The van der Waals surface area contributed by atoms with Gasteiger partial charge in [-0.15, -0.1) is 0 Å². The van der Waals surface area contributed by atoms with Gasteiger partial charge in [0.1, 0.15) is 11.5 Å². The highest BCUT2D eigenvalue weighted by atomic mass is 35.5. The van der Waals surface area contributed by atoms with Crippen molar-refractivity contribution < 1.29 is 4.74 Å². The number of ether oxygens (including phenoxy) is 1. The van der Waals surface area contributed by atoms with Crippen molar-refractivity contribution in [2.45, 2.75) is 33.2 Å². The van der Waals surface area contributed by atoms with E-state index in [1.54, 1.807) is 0 Å². The van der Waals surface area contributed by atoms with Crippen molar-refractivity contribution in [3.63, 3.8) is 0 Å². The summed E-state index contributed by atoms with van der Waals surface area (Å²) in [4.78, 5) is 0. The van der Waals surface area contributed by atoms with Gasteiger partial charge in [0.25, 0.3) is 0 Å². The molecule has 0 unspecified atom stereocenters. The molecule has 2 aromatic rings. The molecule has 2 nitrogen and oxygen atoms in total. The fourth-order valence-corrected chi connectivity index (χ4v) is 2.30. The smallest absolute Gasteiger partial charge is 0.146 e. The molecular formula is C18H22ClNO. The molecule has 112 valence electrons. The van der Waals surface area contributed by atoms with Crippen LogP contribution in [0.3, 0.4) is 0 Å². The number of halogens is 1. The van der Waals surface area contributed by atoms with Crippen LogP contribution >= 0.6 is 11.6 Å². The third-order valence-corrected chi connectivity index (χ3v) is 3.65. The summed E-state index contributed by atoms with van der Waals surface area (Å²) in [7, 11) is 0. The van der Waals surface area contributed by atoms with E-state index in [2.05, 4.69) is 38.2 Å². The average molecular weight is 304 g/mol. The van der Waals surface area contributed by atoms with Crippen LogP contribution in [0, 0.1) is 0 Å². The van der Waals surface area contributed by atoms with Gasteiger partial charge in [0.15, 0.2) is 0 Å². The summed E-state index contributed by atoms with van der Waals surface area (Å²) in [5.41, 5.74) is 2.46. The minimum Gasteiger partial charge on any atom is -0.456 e. The average Bonchev–Trinajstić information content (AvgIpc) is 2.48. The van der Waals surface area contributed by atoms with Gasteiger partial charge in [0, 0.05) is 6.54 Å². The minimum absolute atomic E-state index is 0.521. The summed E-state index contributed by atoms with van der Waals surface area (Å²) in [5.74, 6) is 2.02. The molecule has 0 saturated heterocycles. The maximum absolute atomic E-state index is 6.29. The number of benzene rings is 2. The zero-order valence-corrected chi connectivity index (χ0v) is 13.6. The van der Waals surface area contributed by atoms with E-state index >= 15 is 0 Å². The van der Waals surface area contributed by atoms with E-state index in [1.165, 1.54) is 5.56 Å². The lowest BCUT2D eigenvalue weighted by atomic mass is 10.0. The molecule has 0 aromatic heterocycles. The Morgan fingerprint density at radius 2 is 1.81 bits per heavy atom. The second kappa shape index (κ2) is 7.48. The van der Waals surface area contributed by atoms with E-state index in [-0.39, 0.29) is 0 Å². The topological polar surface area (TPSA) is 21.3 Å². The Morgan fingerprint density at radius 1 is 1.10 bits per heavy atom. The summed E-state index contributed by atoms with van der Waals surface area (Å²) in [6, 6.07) is 14.1. The Balaban J connectivity index is 2.08. The summed E-state index contributed by atoms with van der Waals surface area (Å²) in [6.45, 7) is 8.20. The largest absolute Gasteiger partial charge is 0.456 e. The van der Waals surface area contributed by atoms with E-state index in [1.807, 2.05) is 30.3 Å². The molecule has 0 spiro atoms. The minimum atomic E-state index is 0.521. The molecule has 0 bridgehead atoms. The number of rotatable bonds is 6. The molecule has 0 aliphatic heterocycles. The highest BCUT2D eigenvalue weighted by Crippen LogP contribution is 2.30. The summed E-state index contributed by atoms with van der Waals surface area (Å²) in [6.07, 6.45) is 0. The van der Waals surface area contributed by atoms with Crippen LogP contribution in [0.4, 0.5) is 0 Å². The predicted molar refractivity (Wildman–Crippen MR) is 89.4 cm³/mol. The lowest BCUT2D eigenvalue weighted by Crippen LogP contribution is -2.11. The van der Waals surface area contributed by atoms with Gasteiger partial charge in [0.05, 0.1) is 5.02 Å². The molecule has 3 heteroatoms. The highest BCUT2D eigenvalue weighted by molar-refractivity contribution is 6.32. The first-order chi connectivity index (χ1) is 10.1. The van der Waals surface area contributed by atoms with Crippen LogP contribution in [-0.2, 0) is 6.54 Å². The summed E-state index contributed by atoms with van der Waals surface area (Å²) in [5, 5.41) is 3.92.